The zero-order valence-corrected chi connectivity index (χ0v) is 4.47. The Balaban J connectivity index is 2.49. The molecule has 3 nitrogen and oxygen atoms in total. The predicted octanol–water partition coefficient (Wildman–Crippen LogP) is 0.726. The molecule has 1 aliphatic rings. The number of nitrogens with one attached hydrogen (secondary N) is 1. The van der Waals surface area contributed by atoms with E-state index in [9.17, 15) is 0 Å². The van der Waals surface area contributed by atoms with Crippen molar-refractivity contribution in [2.45, 2.75) is 5.50 Å². The number of rotatable bonds is 0. The Hall–Kier alpha value is -0.510. The minimum Gasteiger partial charge on any atom is -0.359 e. The topological polar surface area (TPSA) is 36.8 Å². The summed E-state index contributed by atoms with van der Waals surface area (Å²) in [7, 11) is 0. The van der Waals surface area contributed by atoms with E-state index in [0.29, 0.717) is 0 Å². The van der Waals surface area contributed by atoms with Crippen molar-refractivity contribution in [3.05, 3.63) is 12.4 Å². The van der Waals surface area contributed by atoms with Crippen LogP contribution in [-0.2, 0) is 0 Å². The van der Waals surface area contributed by atoms with Gasteiger partial charge in [0.1, 0.15) is 0 Å². The number of hydrogen-bond donors (Lipinski definition) is 2. The summed E-state index contributed by atoms with van der Waals surface area (Å²) < 4.78 is 0. The number of nitrogens with zero attached hydrogens (tertiary/aromatic N) is 2. The van der Waals surface area contributed by atoms with Crippen LogP contribution in [-0.4, -0.2) is 5.50 Å². The molecule has 1 rings (SSSR count). The molecule has 0 radical (unpaired) electrons. The Labute approximate surface area is 46.9 Å². The fourth-order valence-corrected chi connectivity index (χ4v) is 0.443. The molecule has 0 saturated carbocycles. The van der Waals surface area contributed by atoms with E-state index >= 15 is 0 Å². The quantitative estimate of drug-likeness (QED) is 0.448. The highest BCUT2D eigenvalue weighted by Gasteiger charge is 1.94. The van der Waals surface area contributed by atoms with Crippen molar-refractivity contribution >= 4 is 12.6 Å². The molecular formula is C3H5N3S. The SMILES string of the molecule is SC1N=NC=CN1. The molecule has 0 saturated heterocycles. The van der Waals surface area contributed by atoms with Gasteiger partial charge in [0.05, 0.1) is 6.20 Å². The molecule has 0 aliphatic carbocycles. The lowest BCUT2D eigenvalue weighted by Gasteiger charge is -2.04. The fraction of sp³-hybridized carbons (Fsp3) is 0.333. The van der Waals surface area contributed by atoms with E-state index in [4.69, 9.17) is 0 Å². The summed E-state index contributed by atoms with van der Waals surface area (Å²) in [6.07, 6.45) is 3.28. The largest absolute Gasteiger partial charge is 0.359 e. The zero-order valence-electron chi connectivity index (χ0n) is 3.57. The molecule has 1 atom stereocenters. The molecule has 0 bridgehead atoms. The molecule has 0 aromatic rings. The molecule has 0 aromatic carbocycles. The van der Waals surface area contributed by atoms with Crippen LogP contribution in [0.2, 0.25) is 0 Å². The molecular weight excluding hydrogens is 110 g/mol. The standard InChI is InChI=1S/C3H5N3S/c7-3-4-1-2-5-6-3/h1-4,7H. The second-order valence-corrected chi connectivity index (χ2v) is 1.58. The highest BCUT2D eigenvalue weighted by molar-refractivity contribution is 7.80. The van der Waals surface area contributed by atoms with Gasteiger partial charge in [0.25, 0.3) is 0 Å². The van der Waals surface area contributed by atoms with Crippen LogP contribution in [0.25, 0.3) is 0 Å². The van der Waals surface area contributed by atoms with E-state index < -0.39 is 0 Å². The summed E-state index contributed by atoms with van der Waals surface area (Å²) in [4.78, 5) is 0. The van der Waals surface area contributed by atoms with E-state index in [-0.39, 0.29) is 5.50 Å². The lowest BCUT2D eigenvalue weighted by molar-refractivity contribution is 0.751. The predicted molar refractivity (Wildman–Crippen MR) is 29.9 cm³/mol. The van der Waals surface area contributed by atoms with Crippen LogP contribution in [0, 0.1) is 0 Å². The molecule has 0 aromatic heterocycles. The average Bonchev–Trinajstić information content (AvgIpc) is 1.69. The highest BCUT2D eigenvalue weighted by Crippen LogP contribution is 1.96. The molecule has 0 spiro atoms. The third-order valence-electron chi connectivity index (χ3n) is 0.563. The lowest BCUT2D eigenvalue weighted by atomic mass is 10.8. The third kappa shape index (κ3) is 1.19. The van der Waals surface area contributed by atoms with Gasteiger partial charge in [0.15, 0.2) is 5.50 Å². The summed E-state index contributed by atoms with van der Waals surface area (Å²) in [5.41, 5.74) is -0.148. The van der Waals surface area contributed by atoms with Crippen LogP contribution in [0.4, 0.5) is 0 Å². The van der Waals surface area contributed by atoms with Crippen LogP contribution in [0.3, 0.4) is 0 Å². The molecule has 1 heterocycles. The summed E-state index contributed by atoms with van der Waals surface area (Å²) in [6.45, 7) is 0. The first-order valence-corrected chi connectivity index (χ1v) is 2.40. The van der Waals surface area contributed by atoms with Gasteiger partial charge in [0, 0.05) is 6.20 Å². The third-order valence-corrected chi connectivity index (χ3v) is 0.815. The van der Waals surface area contributed by atoms with Crippen molar-refractivity contribution in [3.8, 4) is 0 Å². The van der Waals surface area contributed by atoms with Gasteiger partial charge in [-0.1, -0.05) is 0 Å². The Morgan fingerprint density at radius 1 is 1.71 bits per heavy atom. The van der Waals surface area contributed by atoms with Gasteiger partial charge in [-0.15, -0.1) is 12.6 Å². The number of azo groups is 1. The fourth-order valence-electron chi connectivity index (χ4n) is 0.297. The summed E-state index contributed by atoms with van der Waals surface area (Å²) >= 11 is 3.94. The molecule has 4 heteroatoms. The molecule has 0 amide bonds. The Morgan fingerprint density at radius 3 is 2.86 bits per heavy atom. The Morgan fingerprint density at radius 2 is 2.57 bits per heavy atom. The Bertz CT molecular complexity index is 109. The first-order valence-electron chi connectivity index (χ1n) is 1.89. The van der Waals surface area contributed by atoms with Crippen molar-refractivity contribution in [1.29, 1.82) is 0 Å². The van der Waals surface area contributed by atoms with Crippen LogP contribution in [0.1, 0.15) is 0 Å². The van der Waals surface area contributed by atoms with Crippen molar-refractivity contribution < 1.29 is 0 Å². The minimum absolute atomic E-state index is 0.148. The van der Waals surface area contributed by atoms with E-state index in [2.05, 4.69) is 28.2 Å². The minimum atomic E-state index is -0.148. The van der Waals surface area contributed by atoms with Crippen molar-refractivity contribution in [2.24, 2.45) is 10.2 Å². The van der Waals surface area contributed by atoms with E-state index in [1.807, 2.05) is 0 Å². The van der Waals surface area contributed by atoms with Gasteiger partial charge in [-0.2, -0.15) is 10.2 Å². The maximum atomic E-state index is 3.94. The highest BCUT2D eigenvalue weighted by atomic mass is 32.1. The maximum absolute atomic E-state index is 3.94. The monoisotopic (exact) mass is 115 g/mol. The molecule has 1 aliphatic heterocycles. The second-order valence-electron chi connectivity index (χ2n) is 1.09. The molecule has 0 fully saturated rings. The van der Waals surface area contributed by atoms with Gasteiger partial charge in [-0.3, -0.25) is 0 Å². The van der Waals surface area contributed by atoms with Crippen molar-refractivity contribution in [2.75, 3.05) is 0 Å². The molecule has 7 heavy (non-hydrogen) atoms. The summed E-state index contributed by atoms with van der Waals surface area (Å²) in [5.74, 6) is 0. The smallest absolute Gasteiger partial charge is 0.184 e. The molecule has 1 unspecified atom stereocenters. The van der Waals surface area contributed by atoms with Gasteiger partial charge in [-0.25, -0.2) is 0 Å². The van der Waals surface area contributed by atoms with Gasteiger partial charge in [0.2, 0.25) is 0 Å². The zero-order chi connectivity index (χ0) is 5.11. The van der Waals surface area contributed by atoms with Crippen LogP contribution >= 0.6 is 12.6 Å². The van der Waals surface area contributed by atoms with Gasteiger partial charge < -0.3 is 5.32 Å². The first-order chi connectivity index (χ1) is 3.39. The van der Waals surface area contributed by atoms with Crippen LogP contribution < -0.4 is 5.32 Å². The van der Waals surface area contributed by atoms with Gasteiger partial charge >= 0.3 is 0 Å². The normalized spacial score (nSPS) is 27.3. The van der Waals surface area contributed by atoms with E-state index in [1.54, 1.807) is 12.4 Å². The average molecular weight is 115 g/mol. The van der Waals surface area contributed by atoms with Crippen molar-refractivity contribution in [3.63, 3.8) is 0 Å². The van der Waals surface area contributed by atoms with Crippen molar-refractivity contribution in [1.82, 2.24) is 5.32 Å². The molecule has 1 N–H and O–H groups in total. The summed E-state index contributed by atoms with van der Waals surface area (Å²) in [5, 5.41) is 9.99. The van der Waals surface area contributed by atoms with E-state index in [1.165, 1.54) is 0 Å². The summed E-state index contributed by atoms with van der Waals surface area (Å²) in [6, 6.07) is 0. The number of thiol groups is 1. The van der Waals surface area contributed by atoms with E-state index in [0.717, 1.165) is 0 Å². The molecule has 38 valence electrons. The van der Waals surface area contributed by atoms with Crippen LogP contribution in [0.15, 0.2) is 22.6 Å². The lowest BCUT2D eigenvalue weighted by Crippen LogP contribution is -2.15. The maximum Gasteiger partial charge on any atom is 0.184 e. The number of hydrogen-bond acceptors (Lipinski definition) is 4. The van der Waals surface area contributed by atoms with Gasteiger partial charge in [-0.05, 0) is 0 Å². The second kappa shape index (κ2) is 1.97. The first kappa shape index (κ1) is 4.64. The van der Waals surface area contributed by atoms with Crippen LogP contribution in [0.5, 0.6) is 0 Å². The Kier molecular flexibility index (Phi) is 1.31.